The fraction of sp³-hybridized carbons (Fsp3) is 0.333. The molecule has 2 aromatic carbocycles. The molecule has 0 aromatic heterocycles. The zero-order chi connectivity index (χ0) is 13.8. The number of hydrogen-bond donors (Lipinski definition) is 1. The van der Waals surface area contributed by atoms with Crippen molar-refractivity contribution >= 4 is 12.6 Å². The second-order valence-electron chi connectivity index (χ2n) is 5.44. The van der Waals surface area contributed by atoms with E-state index >= 15 is 0 Å². The van der Waals surface area contributed by atoms with Crippen LogP contribution in [-0.4, -0.2) is 0 Å². The predicted molar refractivity (Wildman–Crippen MR) is 87.0 cm³/mol. The van der Waals surface area contributed by atoms with E-state index in [-0.39, 0.29) is 0 Å². The van der Waals surface area contributed by atoms with Gasteiger partial charge in [0, 0.05) is 11.7 Å². The van der Waals surface area contributed by atoms with Crippen LogP contribution in [0.3, 0.4) is 0 Å². The van der Waals surface area contributed by atoms with E-state index in [0.29, 0.717) is 11.8 Å². The molecule has 0 saturated heterocycles. The van der Waals surface area contributed by atoms with Gasteiger partial charge in [-0.1, -0.05) is 62.4 Å². The molecule has 0 nitrogen and oxygen atoms in total. The molecule has 1 atom stereocenters. The fourth-order valence-electron chi connectivity index (χ4n) is 2.80. The first-order valence-corrected chi connectivity index (χ1v) is 7.52. The highest BCUT2D eigenvalue weighted by Crippen LogP contribution is 2.35. The minimum atomic E-state index is 0.449. The van der Waals surface area contributed by atoms with E-state index in [2.05, 4.69) is 81.9 Å². The molecule has 0 spiro atoms. The monoisotopic (exact) mass is 270 g/mol. The van der Waals surface area contributed by atoms with E-state index in [4.69, 9.17) is 0 Å². The molecule has 0 heterocycles. The van der Waals surface area contributed by atoms with Gasteiger partial charge in [0.2, 0.25) is 0 Å². The molecule has 0 N–H and O–H groups in total. The summed E-state index contributed by atoms with van der Waals surface area (Å²) in [5.74, 6) is 1.82. The summed E-state index contributed by atoms with van der Waals surface area (Å²) >= 11 is 4.48. The van der Waals surface area contributed by atoms with Gasteiger partial charge in [-0.25, -0.2) is 0 Å². The minimum absolute atomic E-state index is 0.449. The van der Waals surface area contributed by atoms with Crippen LogP contribution in [0, 0.1) is 12.8 Å². The molecule has 2 aromatic rings. The standard InChI is InChI=1S/C18H22S/c1-13(2)18(16-10-6-4-8-14(16)3)17-11-7-5-9-15(17)12-19/h4-11,13,18-19H,12H2,1-3H3. The molecule has 1 heteroatoms. The summed E-state index contributed by atoms with van der Waals surface area (Å²) in [5, 5.41) is 0. The number of aryl methyl sites for hydroxylation is 1. The van der Waals surface area contributed by atoms with E-state index in [1.165, 1.54) is 22.3 Å². The van der Waals surface area contributed by atoms with Crippen LogP contribution in [0.25, 0.3) is 0 Å². The lowest BCUT2D eigenvalue weighted by Gasteiger charge is -2.26. The van der Waals surface area contributed by atoms with Gasteiger partial charge in [0.05, 0.1) is 0 Å². The van der Waals surface area contributed by atoms with Gasteiger partial charge < -0.3 is 0 Å². The maximum absolute atomic E-state index is 4.48. The Balaban J connectivity index is 2.56. The summed E-state index contributed by atoms with van der Waals surface area (Å²) in [6.07, 6.45) is 0. The summed E-state index contributed by atoms with van der Waals surface area (Å²) < 4.78 is 0. The van der Waals surface area contributed by atoms with Crippen LogP contribution in [0.5, 0.6) is 0 Å². The molecule has 0 amide bonds. The zero-order valence-corrected chi connectivity index (χ0v) is 12.8. The minimum Gasteiger partial charge on any atom is -0.175 e. The number of benzene rings is 2. The quantitative estimate of drug-likeness (QED) is 0.724. The fourth-order valence-corrected chi connectivity index (χ4v) is 3.09. The van der Waals surface area contributed by atoms with Crippen molar-refractivity contribution in [3.63, 3.8) is 0 Å². The van der Waals surface area contributed by atoms with Gasteiger partial charge >= 0.3 is 0 Å². The predicted octanol–water partition coefficient (Wildman–Crippen LogP) is 5.21. The molecule has 19 heavy (non-hydrogen) atoms. The third kappa shape index (κ3) is 3.03. The molecule has 0 aliphatic heterocycles. The Bertz CT molecular complexity index is 543. The van der Waals surface area contributed by atoms with Gasteiger partial charge in [0.15, 0.2) is 0 Å². The molecule has 1 unspecified atom stereocenters. The topological polar surface area (TPSA) is 0 Å². The van der Waals surface area contributed by atoms with E-state index in [9.17, 15) is 0 Å². The smallest absolute Gasteiger partial charge is 0.0157 e. The lowest BCUT2D eigenvalue weighted by atomic mass is 9.79. The van der Waals surface area contributed by atoms with Gasteiger partial charge in [0.1, 0.15) is 0 Å². The van der Waals surface area contributed by atoms with Crippen molar-refractivity contribution in [2.45, 2.75) is 32.4 Å². The van der Waals surface area contributed by atoms with Crippen molar-refractivity contribution < 1.29 is 0 Å². The lowest BCUT2D eigenvalue weighted by molar-refractivity contribution is 0.559. The highest BCUT2D eigenvalue weighted by atomic mass is 32.1. The van der Waals surface area contributed by atoms with Crippen molar-refractivity contribution in [2.24, 2.45) is 5.92 Å². The molecule has 2 rings (SSSR count). The molecule has 0 fully saturated rings. The van der Waals surface area contributed by atoms with Crippen LogP contribution in [0.2, 0.25) is 0 Å². The Labute approximate surface area is 122 Å². The summed E-state index contributed by atoms with van der Waals surface area (Å²) in [6.45, 7) is 6.80. The van der Waals surface area contributed by atoms with Crippen LogP contribution in [0.1, 0.15) is 42.0 Å². The Morgan fingerprint density at radius 2 is 1.47 bits per heavy atom. The highest BCUT2D eigenvalue weighted by molar-refractivity contribution is 7.79. The van der Waals surface area contributed by atoms with Crippen molar-refractivity contribution in [2.75, 3.05) is 0 Å². The lowest BCUT2D eigenvalue weighted by Crippen LogP contribution is -2.12. The summed E-state index contributed by atoms with van der Waals surface area (Å²) in [6, 6.07) is 17.4. The second kappa shape index (κ2) is 6.29. The van der Waals surface area contributed by atoms with Crippen LogP contribution in [0.15, 0.2) is 48.5 Å². The Kier molecular flexibility index (Phi) is 4.71. The maximum atomic E-state index is 4.48. The van der Waals surface area contributed by atoms with Crippen molar-refractivity contribution in [1.82, 2.24) is 0 Å². The molecule has 0 aliphatic rings. The van der Waals surface area contributed by atoms with Gasteiger partial charge in [-0.15, -0.1) is 0 Å². The summed E-state index contributed by atoms with van der Waals surface area (Å²) in [7, 11) is 0. The molecule has 0 radical (unpaired) electrons. The first-order chi connectivity index (χ1) is 9.15. The largest absolute Gasteiger partial charge is 0.175 e. The van der Waals surface area contributed by atoms with Crippen molar-refractivity contribution in [1.29, 1.82) is 0 Å². The molecule has 0 aliphatic carbocycles. The number of rotatable bonds is 4. The highest BCUT2D eigenvalue weighted by Gasteiger charge is 2.21. The third-order valence-electron chi connectivity index (χ3n) is 3.75. The van der Waals surface area contributed by atoms with Gasteiger partial charge in [-0.3, -0.25) is 0 Å². The van der Waals surface area contributed by atoms with Gasteiger partial charge in [0.25, 0.3) is 0 Å². The van der Waals surface area contributed by atoms with E-state index < -0.39 is 0 Å². The molecular weight excluding hydrogens is 248 g/mol. The van der Waals surface area contributed by atoms with Gasteiger partial charge in [-0.2, -0.15) is 12.6 Å². The number of thiol groups is 1. The van der Waals surface area contributed by atoms with Crippen molar-refractivity contribution in [3.05, 3.63) is 70.8 Å². The Morgan fingerprint density at radius 3 is 2.05 bits per heavy atom. The first kappa shape index (κ1) is 14.2. The summed E-state index contributed by atoms with van der Waals surface area (Å²) in [5.41, 5.74) is 5.57. The van der Waals surface area contributed by atoms with Crippen LogP contribution >= 0.6 is 12.6 Å². The SMILES string of the molecule is Cc1ccccc1C(c1ccccc1CS)C(C)C. The number of hydrogen-bond acceptors (Lipinski definition) is 1. The average molecular weight is 270 g/mol. The van der Waals surface area contributed by atoms with Crippen LogP contribution in [-0.2, 0) is 5.75 Å². The molecule has 0 saturated carbocycles. The second-order valence-corrected chi connectivity index (χ2v) is 5.75. The van der Waals surface area contributed by atoms with Crippen LogP contribution < -0.4 is 0 Å². The average Bonchev–Trinajstić information content (AvgIpc) is 2.41. The maximum Gasteiger partial charge on any atom is 0.0157 e. The first-order valence-electron chi connectivity index (χ1n) is 6.89. The molecule has 100 valence electrons. The van der Waals surface area contributed by atoms with E-state index in [0.717, 1.165) is 5.75 Å². The van der Waals surface area contributed by atoms with E-state index in [1.54, 1.807) is 0 Å². The normalized spacial score (nSPS) is 12.7. The Hall–Kier alpha value is -1.21. The zero-order valence-electron chi connectivity index (χ0n) is 11.9. The third-order valence-corrected chi connectivity index (χ3v) is 4.09. The van der Waals surface area contributed by atoms with Crippen LogP contribution in [0.4, 0.5) is 0 Å². The van der Waals surface area contributed by atoms with Crippen molar-refractivity contribution in [3.8, 4) is 0 Å². The Morgan fingerprint density at radius 1 is 0.895 bits per heavy atom. The van der Waals surface area contributed by atoms with Gasteiger partial charge in [-0.05, 0) is 35.1 Å². The molecule has 0 bridgehead atoms. The van der Waals surface area contributed by atoms with E-state index in [1.807, 2.05) is 0 Å². The molecular formula is C18H22S. The summed E-state index contributed by atoms with van der Waals surface area (Å²) in [4.78, 5) is 0.